The topological polar surface area (TPSA) is 61.9 Å². The second-order valence-electron chi connectivity index (χ2n) is 9.26. The molecule has 36 heavy (non-hydrogen) atoms. The lowest BCUT2D eigenvalue weighted by Crippen LogP contribution is -2.46. The average Bonchev–Trinajstić information content (AvgIpc) is 3.55. The van der Waals surface area contributed by atoms with Gasteiger partial charge in [-0.1, -0.05) is 49.4 Å². The molecule has 0 bridgehead atoms. The third-order valence-electron chi connectivity index (χ3n) is 6.52. The van der Waals surface area contributed by atoms with Crippen LogP contribution in [0.15, 0.2) is 66.0 Å². The first kappa shape index (κ1) is 25.9. The van der Waals surface area contributed by atoms with E-state index in [0.29, 0.717) is 26.2 Å². The van der Waals surface area contributed by atoms with Crippen LogP contribution in [0, 0.1) is 6.92 Å². The number of nitrogens with one attached hydrogen (secondary N) is 1. The number of nitrogens with zero attached hydrogens (tertiary/aromatic N) is 2. The van der Waals surface area contributed by atoms with Gasteiger partial charge >= 0.3 is 6.03 Å². The molecular weight excluding hydrogens is 470 g/mol. The van der Waals surface area contributed by atoms with Crippen LogP contribution >= 0.6 is 11.3 Å². The van der Waals surface area contributed by atoms with Gasteiger partial charge in [-0.05, 0) is 66.5 Å². The first-order valence-corrected chi connectivity index (χ1v) is 13.5. The Kier molecular flexibility index (Phi) is 9.14. The summed E-state index contributed by atoms with van der Waals surface area (Å²) in [5.74, 6) is -0.0814. The molecule has 3 aromatic rings. The quantitative estimate of drug-likeness (QED) is 0.375. The van der Waals surface area contributed by atoms with E-state index >= 15 is 0 Å². The molecule has 4 rings (SSSR count). The lowest BCUT2D eigenvalue weighted by Gasteiger charge is -2.29. The van der Waals surface area contributed by atoms with Crippen molar-refractivity contribution in [3.63, 3.8) is 0 Å². The smallest absolute Gasteiger partial charge is 0.322 e. The molecule has 1 saturated heterocycles. The minimum absolute atomic E-state index is 0.00355. The van der Waals surface area contributed by atoms with Crippen molar-refractivity contribution in [2.24, 2.45) is 0 Å². The summed E-state index contributed by atoms with van der Waals surface area (Å²) in [6.07, 6.45) is 2.71. The number of carbonyl (C=O) groups is 2. The Morgan fingerprint density at radius 1 is 1.03 bits per heavy atom. The van der Waals surface area contributed by atoms with Gasteiger partial charge in [0.05, 0.1) is 12.6 Å². The number of rotatable bonds is 10. The van der Waals surface area contributed by atoms with Crippen molar-refractivity contribution >= 4 is 29.0 Å². The van der Waals surface area contributed by atoms with Crippen molar-refractivity contribution in [2.45, 2.75) is 52.3 Å². The largest absolute Gasteiger partial charge is 0.376 e. The molecule has 6 nitrogen and oxygen atoms in total. The van der Waals surface area contributed by atoms with Gasteiger partial charge in [0.2, 0.25) is 5.91 Å². The number of aryl methyl sites for hydroxylation is 2. The molecule has 2 heterocycles. The molecule has 1 fully saturated rings. The number of carbonyl (C=O) groups excluding carboxylic acids is 2. The Hall–Kier alpha value is -3.16. The number of benzene rings is 2. The van der Waals surface area contributed by atoms with Crippen LogP contribution in [0.5, 0.6) is 0 Å². The SMILES string of the molecule is CCc1cccc(NC(=O)N(CC(=O)N(Cc2ccccc2)Cc2sccc2C)CC2CCCO2)c1. The van der Waals surface area contributed by atoms with E-state index in [1.807, 2.05) is 59.5 Å². The maximum absolute atomic E-state index is 13.7. The minimum atomic E-state index is -0.279. The highest BCUT2D eigenvalue weighted by atomic mass is 32.1. The standard InChI is InChI=1S/C29H35N3O3S/c1-3-23-11-7-12-25(17-23)30-29(34)32(19-26-13-8-15-35-26)21-28(33)31(18-24-9-5-4-6-10-24)20-27-22(2)14-16-36-27/h4-7,9-12,14,16-17,26H,3,8,13,15,18-21H2,1-2H3,(H,30,34). The summed E-state index contributed by atoms with van der Waals surface area (Å²) in [4.78, 5) is 31.7. The summed E-state index contributed by atoms with van der Waals surface area (Å²) in [6.45, 7) is 6.25. The highest BCUT2D eigenvalue weighted by Gasteiger charge is 2.27. The van der Waals surface area contributed by atoms with Crippen molar-refractivity contribution in [3.8, 4) is 0 Å². The zero-order valence-electron chi connectivity index (χ0n) is 21.1. The number of ether oxygens (including phenoxy) is 1. The van der Waals surface area contributed by atoms with Crippen molar-refractivity contribution in [3.05, 3.63) is 87.6 Å². The maximum atomic E-state index is 13.7. The summed E-state index contributed by atoms with van der Waals surface area (Å²) in [6, 6.07) is 19.6. The van der Waals surface area contributed by atoms with E-state index in [-0.39, 0.29) is 24.6 Å². The monoisotopic (exact) mass is 505 g/mol. The molecule has 3 amide bonds. The van der Waals surface area contributed by atoms with Crippen LogP contribution in [0.2, 0.25) is 0 Å². The van der Waals surface area contributed by atoms with Gasteiger partial charge in [0.1, 0.15) is 6.54 Å². The van der Waals surface area contributed by atoms with Crippen molar-refractivity contribution in [1.82, 2.24) is 9.80 Å². The van der Waals surface area contributed by atoms with E-state index in [1.54, 1.807) is 16.2 Å². The van der Waals surface area contributed by atoms with E-state index in [2.05, 4.69) is 30.6 Å². The third-order valence-corrected chi connectivity index (χ3v) is 7.53. The zero-order chi connectivity index (χ0) is 25.3. The van der Waals surface area contributed by atoms with Gasteiger partial charge in [0, 0.05) is 30.3 Å². The van der Waals surface area contributed by atoms with Crippen molar-refractivity contribution < 1.29 is 14.3 Å². The fourth-order valence-electron chi connectivity index (χ4n) is 4.36. The molecule has 1 aromatic heterocycles. The fraction of sp³-hybridized carbons (Fsp3) is 0.379. The minimum Gasteiger partial charge on any atom is -0.376 e. The van der Waals surface area contributed by atoms with Crippen LogP contribution < -0.4 is 5.32 Å². The van der Waals surface area contributed by atoms with Crippen LogP contribution in [0.3, 0.4) is 0 Å². The summed E-state index contributed by atoms with van der Waals surface area (Å²) in [7, 11) is 0. The van der Waals surface area contributed by atoms with Crippen LogP contribution in [0.1, 0.15) is 41.3 Å². The Labute approximate surface area is 217 Å². The highest BCUT2D eigenvalue weighted by Crippen LogP contribution is 2.21. The number of hydrogen-bond donors (Lipinski definition) is 1. The Morgan fingerprint density at radius 2 is 1.83 bits per heavy atom. The van der Waals surface area contributed by atoms with Crippen LogP contribution in [0.4, 0.5) is 10.5 Å². The molecule has 190 valence electrons. The van der Waals surface area contributed by atoms with Crippen LogP contribution in [-0.2, 0) is 29.0 Å². The van der Waals surface area contributed by atoms with Crippen LogP contribution in [0.25, 0.3) is 0 Å². The molecule has 0 saturated carbocycles. The maximum Gasteiger partial charge on any atom is 0.322 e. The second kappa shape index (κ2) is 12.7. The fourth-order valence-corrected chi connectivity index (χ4v) is 5.28. The summed E-state index contributed by atoms with van der Waals surface area (Å²) < 4.78 is 5.81. The second-order valence-corrected chi connectivity index (χ2v) is 10.3. The molecule has 0 radical (unpaired) electrons. The molecule has 1 unspecified atom stereocenters. The molecule has 1 aliphatic heterocycles. The van der Waals surface area contributed by atoms with E-state index in [9.17, 15) is 9.59 Å². The van der Waals surface area contributed by atoms with Crippen LogP contribution in [-0.4, -0.2) is 47.5 Å². The summed E-state index contributed by atoms with van der Waals surface area (Å²) >= 11 is 1.66. The molecule has 0 spiro atoms. The number of urea groups is 1. The summed E-state index contributed by atoms with van der Waals surface area (Å²) in [5.41, 5.74) is 4.12. The predicted molar refractivity (Wildman–Crippen MR) is 145 cm³/mol. The molecule has 1 N–H and O–H groups in total. The molecule has 0 aliphatic carbocycles. The normalized spacial score (nSPS) is 15.0. The molecule has 1 aliphatic rings. The zero-order valence-corrected chi connectivity index (χ0v) is 21.9. The summed E-state index contributed by atoms with van der Waals surface area (Å²) in [5, 5.41) is 5.06. The first-order valence-electron chi connectivity index (χ1n) is 12.6. The van der Waals surface area contributed by atoms with E-state index < -0.39 is 0 Å². The molecular formula is C29H35N3O3S. The van der Waals surface area contributed by atoms with E-state index in [0.717, 1.165) is 41.0 Å². The van der Waals surface area contributed by atoms with Gasteiger partial charge in [-0.15, -0.1) is 11.3 Å². The van der Waals surface area contributed by atoms with Gasteiger partial charge in [0.25, 0.3) is 0 Å². The number of hydrogen-bond acceptors (Lipinski definition) is 4. The predicted octanol–water partition coefficient (Wildman–Crippen LogP) is 5.86. The molecule has 7 heteroatoms. The number of amides is 3. The van der Waals surface area contributed by atoms with Gasteiger partial charge < -0.3 is 19.9 Å². The van der Waals surface area contributed by atoms with E-state index in [1.165, 1.54) is 5.56 Å². The lowest BCUT2D eigenvalue weighted by molar-refractivity contribution is -0.133. The van der Waals surface area contributed by atoms with Gasteiger partial charge in [-0.2, -0.15) is 0 Å². The van der Waals surface area contributed by atoms with Gasteiger partial charge in [-0.25, -0.2) is 4.79 Å². The average molecular weight is 506 g/mol. The Bertz CT molecular complexity index is 1140. The number of anilines is 1. The first-order chi connectivity index (χ1) is 17.5. The number of thiophene rings is 1. The van der Waals surface area contributed by atoms with Crippen molar-refractivity contribution in [1.29, 1.82) is 0 Å². The Balaban J connectivity index is 1.52. The third kappa shape index (κ3) is 7.18. The Morgan fingerprint density at radius 3 is 2.53 bits per heavy atom. The highest BCUT2D eigenvalue weighted by molar-refractivity contribution is 7.10. The molecule has 2 aromatic carbocycles. The van der Waals surface area contributed by atoms with Gasteiger partial charge in [0.15, 0.2) is 0 Å². The molecule has 1 atom stereocenters. The van der Waals surface area contributed by atoms with E-state index in [4.69, 9.17) is 4.74 Å². The van der Waals surface area contributed by atoms with Gasteiger partial charge in [-0.3, -0.25) is 4.79 Å². The van der Waals surface area contributed by atoms with Crippen molar-refractivity contribution in [2.75, 3.05) is 25.0 Å². The lowest BCUT2D eigenvalue weighted by atomic mass is 10.1.